The third-order valence-electron chi connectivity index (χ3n) is 5.66. The highest BCUT2D eigenvalue weighted by atomic mass is 127. The first-order valence-corrected chi connectivity index (χ1v) is 12.0. The lowest BCUT2D eigenvalue weighted by Gasteiger charge is -2.35. The second kappa shape index (κ2) is 12.1. The minimum absolute atomic E-state index is 0. The van der Waals surface area contributed by atoms with Crippen LogP contribution in [0.2, 0.25) is 0 Å². The van der Waals surface area contributed by atoms with Gasteiger partial charge in [0.1, 0.15) is 0 Å². The molecule has 2 N–H and O–H groups in total. The summed E-state index contributed by atoms with van der Waals surface area (Å²) < 4.78 is 23.5. The van der Waals surface area contributed by atoms with Gasteiger partial charge in [-0.25, -0.2) is 8.42 Å². The number of hydrogen-bond donors (Lipinski definition) is 2. The van der Waals surface area contributed by atoms with Gasteiger partial charge in [-0.05, 0) is 57.0 Å². The van der Waals surface area contributed by atoms with Gasteiger partial charge in [-0.2, -0.15) is 0 Å². The van der Waals surface area contributed by atoms with Crippen LogP contribution in [0.4, 0.5) is 0 Å². The Morgan fingerprint density at radius 3 is 2.38 bits per heavy atom. The molecule has 1 atom stereocenters. The lowest BCUT2D eigenvalue weighted by molar-refractivity contribution is 0.171. The summed E-state index contributed by atoms with van der Waals surface area (Å²) in [4.78, 5) is 7.05. The molecule has 1 saturated carbocycles. The molecule has 0 radical (unpaired) electrons. The number of sulfone groups is 1. The standard InChI is InChI=1S/C21H36N4O2S.HI/c1-16-13-17(11-12-20(16)28(5,26)27)14-23-21(22-2)24-15-19(25(3)4)18-9-7-6-8-10-18;/h11-13,18-19H,6-10,14-15H2,1-5H3,(H2,22,23,24);1H. The second-order valence-corrected chi connectivity index (χ2v) is 10.1. The van der Waals surface area contributed by atoms with Crippen LogP contribution >= 0.6 is 24.0 Å². The molecule has 0 aliphatic heterocycles. The fourth-order valence-electron chi connectivity index (χ4n) is 4.13. The molecule has 1 aromatic rings. The van der Waals surface area contributed by atoms with Crippen molar-refractivity contribution in [2.75, 3.05) is 33.9 Å². The number of hydrogen-bond acceptors (Lipinski definition) is 4. The Kier molecular flexibility index (Phi) is 10.9. The summed E-state index contributed by atoms with van der Waals surface area (Å²) in [5.41, 5.74) is 1.80. The van der Waals surface area contributed by atoms with Gasteiger partial charge in [0.2, 0.25) is 0 Å². The van der Waals surface area contributed by atoms with Crippen LogP contribution in [0.3, 0.4) is 0 Å². The van der Waals surface area contributed by atoms with Gasteiger partial charge in [-0.1, -0.05) is 31.4 Å². The number of likely N-dealkylation sites (N-methyl/N-ethyl adjacent to an activating group) is 1. The van der Waals surface area contributed by atoms with E-state index in [1.54, 1.807) is 13.1 Å². The largest absolute Gasteiger partial charge is 0.355 e. The summed E-state index contributed by atoms with van der Waals surface area (Å²) in [5.74, 6) is 1.51. The van der Waals surface area contributed by atoms with E-state index in [1.807, 2.05) is 19.1 Å². The van der Waals surface area contributed by atoms with Crippen LogP contribution in [0, 0.1) is 12.8 Å². The van der Waals surface area contributed by atoms with Gasteiger partial charge in [0.15, 0.2) is 15.8 Å². The molecule has 1 fully saturated rings. The molecule has 166 valence electrons. The maximum atomic E-state index is 11.8. The van der Waals surface area contributed by atoms with E-state index in [0.29, 0.717) is 17.5 Å². The van der Waals surface area contributed by atoms with Gasteiger partial charge in [0, 0.05) is 32.4 Å². The van der Waals surface area contributed by atoms with Crippen LogP contribution in [0.5, 0.6) is 0 Å². The Morgan fingerprint density at radius 2 is 1.86 bits per heavy atom. The number of nitrogens with zero attached hydrogens (tertiary/aromatic N) is 2. The second-order valence-electron chi connectivity index (χ2n) is 8.11. The Labute approximate surface area is 193 Å². The van der Waals surface area contributed by atoms with Gasteiger partial charge >= 0.3 is 0 Å². The summed E-state index contributed by atoms with van der Waals surface area (Å²) >= 11 is 0. The predicted molar refractivity (Wildman–Crippen MR) is 132 cm³/mol. The number of halogens is 1. The molecule has 1 aliphatic carbocycles. The molecule has 1 aromatic carbocycles. The molecule has 1 unspecified atom stereocenters. The lowest BCUT2D eigenvalue weighted by Crippen LogP contribution is -2.48. The van der Waals surface area contributed by atoms with E-state index in [0.717, 1.165) is 29.5 Å². The van der Waals surface area contributed by atoms with Crippen molar-refractivity contribution < 1.29 is 8.42 Å². The third kappa shape index (κ3) is 8.05. The Balaban J connectivity index is 0.00000420. The normalized spacial score (nSPS) is 17.0. The van der Waals surface area contributed by atoms with Crippen LogP contribution in [0.15, 0.2) is 28.1 Å². The van der Waals surface area contributed by atoms with Gasteiger partial charge in [-0.3, -0.25) is 4.99 Å². The van der Waals surface area contributed by atoms with Gasteiger partial charge in [0.25, 0.3) is 0 Å². The van der Waals surface area contributed by atoms with E-state index < -0.39 is 9.84 Å². The molecule has 0 saturated heterocycles. The molecule has 0 aromatic heterocycles. The minimum atomic E-state index is -3.18. The van der Waals surface area contributed by atoms with Crippen LogP contribution in [0.25, 0.3) is 0 Å². The number of nitrogens with one attached hydrogen (secondary N) is 2. The molecule has 1 aliphatic rings. The fraction of sp³-hybridized carbons (Fsp3) is 0.667. The van der Waals surface area contributed by atoms with Gasteiger partial charge < -0.3 is 15.5 Å². The molecular formula is C21H37IN4O2S. The maximum absolute atomic E-state index is 11.8. The molecule has 0 amide bonds. The highest BCUT2D eigenvalue weighted by molar-refractivity contribution is 14.0. The van der Waals surface area contributed by atoms with Gasteiger partial charge in [-0.15, -0.1) is 24.0 Å². The van der Waals surface area contributed by atoms with Crippen LogP contribution in [0.1, 0.15) is 43.2 Å². The van der Waals surface area contributed by atoms with Crippen molar-refractivity contribution in [3.05, 3.63) is 29.3 Å². The first kappa shape index (κ1) is 26.2. The third-order valence-corrected chi connectivity index (χ3v) is 6.92. The van der Waals surface area contributed by atoms with E-state index in [4.69, 9.17) is 0 Å². The first-order valence-electron chi connectivity index (χ1n) is 10.1. The average Bonchev–Trinajstić information content (AvgIpc) is 2.64. The van der Waals surface area contributed by atoms with Crippen molar-refractivity contribution >= 4 is 39.8 Å². The van der Waals surface area contributed by atoms with Crippen molar-refractivity contribution in [1.29, 1.82) is 0 Å². The zero-order valence-corrected chi connectivity index (χ0v) is 21.5. The predicted octanol–water partition coefficient (Wildman–Crippen LogP) is 3.19. The smallest absolute Gasteiger partial charge is 0.191 e. The highest BCUT2D eigenvalue weighted by Gasteiger charge is 2.25. The minimum Gasteiger partial charge on any atom is -0.355 e. The first-order chi connectivity index (χ1) is 13.2. The van der Waals surface area contributed by atoms with Crippen LogP contribution in [-0.4, -0.2) is 59.3 Å². The monoisotopic (exact) mass is 536 g/mol. The van der Waals surface area contributed by atoms with E-state index in [-0.39, 0.29) is 24.0 Å². The van der Waals surface area contributed by atoms with Crippen molar-refractivity contribution in [3.8, 4) is 0 Å². The molecule has 0 bridgehead atoms. The quantitative estimate of drug-likeness (QED) is 0.318. The van der Waals surface area contributed by atoms with Crippen LogP contribution < -0.4 is 10.6 Å². The van der Waals surface area contributed by atoms with E-state index >= 15 is 0 Å². The molecule has 8 heteroatoms. The molecule has 6 nitrogen and oxygen atoms in total. The SMILES string of the molecule is CN=C(NCc1ccc(S(C)(=O)=O)c(C)c1)NCC(C1CCCCC1)N(C)C.I. The number of aryl methyl sites for hydroxylation is 1. The van der Waals surface area contributed by atoms with Crippen molar-refractivity contribution in [1.82, 2.24) is 15.5 Å². The average molecular weight is 537 g/mol. The maximum Gasteiger partial charge on any atom is 0.191 e. The summed E-state index contributed by atoms with van der Waals surface area (Å²) in [6, 6.07) is 5.95. The van der Waals surface area contributed by atoms with Gasteiger partial charge in [0.05, 0.1) is 4.90 Å². The highest BCUT2D eigenvalue weighted by Crippen LogP contribution is 2.28. The van der Waals surface area contributed by atoms with Crippen molar-refractivity contribution in [2.45, 2.75) is 56.5 Å². The summed E-state index contributed by atoms with van der Waals surface area (Å²) in [7, 11) is 2.90. The number of benzene rings is 1. The van der Waals surface area contributed by atoms with Crippen molar-refractivity contribution in [3.63, 3.8) is 0 Å². The number of aliphatic imine (C=N–C) groups is 1. The Morgan fingerprint density at radius 1 is 1.21 bits per heavy atom. The Bertz CT molecular complexity index is 775. The van der Waals surface area contributed by atoms with E-state index in [2.05, 4.69) is 34.6 Å². The van der Waals surface area contributed by atoms with Crippen LogP contribution in [-0.2, 0) is 16.4 Å². The number of guanidine groups is 1. The summed E-state index contributed by atoms with van der Waals surface area (Å²) in [6.07, 6.45) is 7.90. The molecule has 2 rings (SSSR count). The molecule has 29 heavy (non-hydrogen) atoms. The van der Waals surface area contributed by atoms with E-state index in [1.165, 1.54) is 38.4 Å². The Hall–Kier alpha value is -0.870. The van der Waals surface area contributed by atoms with E-state index in [9.17, 15) is 8.42 Å². The summed E-state index contributed by atoms with van der Waals surface area (Å²) in [5, 5.41) is 6.81. The van der Waals surface area contributed by atoms with Crippen molar-refractivity contribution in [2.24, 2.45) is 10.9 Å². The lowest BCUT2D eigenvalue weighted by atomic mass is 9.83. The summed E-state index contributed by atoms with van der Waals surface area (Å²) in [6.45, 7) is 3.29. The molecular weight excluding hydrogens is 499 g/mol. The topological polar surface area (TPSA) is 73.8 Å². The molecule has 0 heterocycles. The zero-order chi connectivity index (χ0) is 20.7. The zero-order valence-electron chi connectivity index (χ0n) is 18.4. The fourth-order valence-corrected chi connectivity index (χ4v) is 5.09. The number of rotatable bonds is 7. The molecule has 0 spiro atoms.